The second kappa shape index (κ2) is 11.5. The van der Waals surface area contributed by atoms with E-state index in [1.165, 1.54) is 16.4 Å². The van der Waals surface area contributed by atoms with Gasteiger partial charge in [0.15, 0.2) is 0 Å². The molecule has 3 rings (SSSR count). The van der Waals surface area contributed by atoms with Crippen LogP contribution >= 0.6 is 0 Å². The third kappa shape index (κ3) is 6.35. The Balaban J connectivity index is 1.64. The quantitative estimate of drug-likeness (QED) is 0.367. The summed E-state index contributed by atoms with van der Waals surface area (Å²) in [6.07, 6.45) is 3.27. The number of unbranched alkanes of at least 4 members (excludes halogenated alkanes) is 2. The molecule has 3 aromatic carbocycles. The Hall–Kier alpha value is -3.32. The molecule has 0 aromatic heterocycles. The molecule has 7 heteroatoms. The van der Waals surface area contributed by atoms with Crippen molar-refractivity contribution in [1.82, 2.24) is 0 Å². The summed E-state index contributed by atoms with van der Waals surface area (Å²) < 4.78 is 33.2. The summed E-state index contributed by atoms with van der Waals surface area (Å²) in [6, 6.07) is 22.1. The molecule has 0 aliphatic heterocycles. The fourth-order valence-electron chi connectivity index (χ4n) is 3.37. The molecule has 0 fully saturated rings. The molecule has 0 saturated heterocycles. The van der Waals surface area contributed by atoms with Crippen molar-refractivity contribution in [3.63, 3.8) is 0 Å². The normalized spacial score (nSPS) is 11.1. The number of sulfonamides is 1. The molecule has 0 saturated carbocycles. The summed E-state index contributed by atoms with van der Waals surface area (Å²) in [4.78, 5) is 12.7. The van der Waals surface area contributed by atoms with Gasteiger partial charge >= 0.3 is 0 Å². The largest absolute Gasteiger partial charge is 0.494 e. The molecule has 0 aliphatic carbocycles. The molecular formula is C26H30N2O4S. The molecule has 0 heterocycles. The highest BCUT2D eigenvalue weighted by Crippen LogP contribution is 2.24. The number of hydrogen-bond donors (Lipinski definition) is 1. The van der Waals surface area contributed by atoms with Crippen LogP contribution in [0.4, 0.5) is 11.4 Å². The molecule has 3 aromatic rings. The van der Waals surface area contributed by atoms with Crippen molar-refractivity contribution < 1.29 is 17.9 Å². The van der Waals surface area contributed by atoms with Gasteiger partial charge in [0.2, 0.25) is 0 Å². The van der Waals surface area contributed by atoms with E-state index in [9.17, 15) is 13.2 Å². The maximum absolute atomic E-state index is 13.1. The first-order valence-electron chi connectivity index (χ1n) is 11.2. The summed E-state index contributed by atoms with van der Waals surface area (Å²) >= 11 is 0. The van der Waals surface area contributed by atoms with Crippen molar-refractivity contribution in [2.24, 2.45) is 0 Å². The van der Waals surface area contributed by atoms with Gasteiger partial charge in [-0.1, -0.05) is 38.0 Å². The molecule has 0 aliphatic rings. The lowest BCUT2D eigenvalue weighted by Gasteiger charge is -2.23. The molecule has 0 radical (unpaired) electrons. The molecular weight excluding hydrogens is 436 g/mol. The topological polar surface area (TPSA) is 75.7 Å². The first-order valence-corrected chi connectivity index (χ1v) is 12.6. The first-order chi connectivity index (χ1) is 16.0. The van der Waals surface area contributed by atoms with Gasteiger partial charge in [-0.25, -0.2) is 8.42 Å². The number of amides is 1. The van der Waals surface area contributed by atoms with E-state index in [0.717, 1.165) is 25.0 Å². The zero-order chi connectivity index (χ0) is 23.7. The molecule has 1 N–H and O–H groups in total. The fourth-order valence-corrected chi connectivity index (χ4v) is 4.84. The Kier molecular flexibility index (Phi) is 8.49. The number of benzene rings is 3. The number of anilines is 2. The standard InChI is InChI=1S/C26H30N2O4S/c1-3-5-9-20-32-24-16-12-21(13-17-24)26(29)27-22-14-18-25(19-15-22)33(30,31)28(4-2)23-10-7-6-8-11-23/h6-8,10-19H,3-5,9,20H2,1-2H3,(H,27,29). The highest BCUT2D eigenvalue weighted by atomic mass is 32.2. The minimum absolute atomic E-state index is 0.163. The van der Waals surface area contributed by atoms with Gasteiger partial charge in [-0.3, -0.25) is 9.10 Å². The Morgan fingerprint density at radius 3 is 2.15 bits per heavy atom. The predicted octanol–water partition coefficient (Wildman–Crippen LogP) is 5.72. The lowest BCUT2D eigenvalue weighted by molar-refractivity contribution is 0.102. The Morgan fingerprint density at radius 2 is 1.55 bits per heavy atom. The van der Waals surface area contributed by atoms with Crippen LogP contribution in [0.25, 0.3) is 0 Å². The molecule has 1 amide bonds. The summed E-state index contributed by atoms with van der Waals surface area (Å²) in [7, 11) is -3.71. The number of para-hydroxylation sites is 1. The molecule has 174 valence electrons. The minimum Gasteiger partial charge on any atom is -0.494 e. The number of carbonyl (C=O) groups is 1. The van der Waals surface area contributed by atoms with E-state index in [-0.39, 0.29) is 10.8 Å². The average Bonchev–Trinajstić information content (AvgIpc) is 2.83. The van der Waals surface area contributed by atoms with Crippen LogP contribution in [0.15, 0.2) is 83.8 Å². The summed E-state index contributed by atoms with van der Waals surface area (Å²) in [5.41, 5.74) is 1.62. The Morgan fingerprint density at radius 1 is 0.879 bits per heavy atom. The van der Waals surface area contributed by atoms with Gasteiger partial charge in [0.1, 0.15) is 5.75 Å². The van der Waals surface area contributed by atoms with Gasteiger partial charge in [0.25, 0.3) is 15.9 Å². The number of hydrogen-bond acceptors (Lipinski definition) is 4. The highest BCUT2D eigenvalue weighted by molar-refractivity contribution is 7.92. The van der Waals surface area contributed by atoms with Gasteiger partial charge in [0.05, 0.1) is 17.2 Å². The van der Waals surface area contributed by atoms with Gasteiger partial charge in [-0.15, -0.1) is 0 Å². The fraction of sp³-hybridized carbons (Fsp3) is 0.269. The number of nitrogens with one attached hydrogen (secondary N) is 1. The van der Waals surface area contributed by atoms with E-state index < -0.39 is 10.0 Å². The van der Waals surface area contributed by atoms with E-state index >= 15 is 0 Å². The van der Waals surface area contributed by atoms with Crippen LogP contribution in [0.5, 0.6) is 5.75 Å². The van der Waals surface area contributed by atoms with Crippen LogP contribution in [0.3, 0.4) is 0 Å². The number of nitrogens with zero attached hydrogens (tertiary/aromatic N) is 1. The molecule has 0 atom stereocenters. The summed E-state index contributed by atoms with van der Waals surface area (Å²) in [6.45, 7) is 4.91. The lowest BCUT2D eigenvalue weighted by atomic mass is 10.2. The van der Waals surface area contributed by atoms with Crippen LogP contribution in [0.2, 0.25) is 0 Å². The Labute approximate surface area is 196 Å². The second-order valence-electron chi connectivity index (χ2n) is 7.56. The van der Waals surface area contributed by atoms with Crippen LogP contribution in [0.1, 0.15) is 43.5 Å². The third-order valence-corrected chi connectivity index (χ3v) is 7.08. The SMILES string of the molecule is CCCCCOc1ccc(C(=O)Nc2ccc(S(=O)(=O)N(CC)c3ccccc3)cc2)cc1. The highest BCUT2D eigenvalue weighted by Gasteiger charge is 2.23. The van der Waals surface area contributed by atoms with Crippen molar-refractivity contribution in [2.45, 2.75) is 38.0 Å². The molecule has 0 spiro atoms. The molecule has 0 unspecified atom stereocenters. The van der Waals surface area contributed by atoms with Gasteiger partial charge in [-0.05, 0) is 74.0 Å². The van der Waals surface area contributed by atoms with Crippen molar-refractivity contribution in [3.05, 3.63) is 84.4 Å². The van der Waals surface area contributed by atoms with Crippen molar-refractivity contribution >= 4 is 27.3 Å². The number of rotatable bonds is 11. The maximum Gasteiger partial charge on any atom is 0.264 e. The summed E-state index contributed by atoms with van der Waals surface area (Å²) in [5.74, 6) is 0.457. The van der Waals surface area contributed by atoms with Gasteiger partial charge < -0.3 is 10.1 Å². The smallest absolute Gasteiger partial charge is 0.264 e. The Bertz CT molecular complexity index is 1130. The van der Waals surface area contributed by atoms with Crippen LogP contribution in [0, 0.1) is 0 Å². The van der Waals surface area contributed by atoms with E-state index in [0.29, 0.717) is 30.1 Å². The minimum atomic E-state index is -3.71. The van der Waals surface area contributed by atoms with E-state index in [4.69, 9.17) is 4.74 Å². The zero-order valence-corrected chi connectivity index (χ0v) is 19.8. The zero-order valence-electron chi connectivity index (χ0n) is 19.0. The van der Waals surface area contributed by atoms with Crippen molar-refractivity contribution in [3.8, 4) is 5.75 Å². The molecule has 6 nitrogen and oxygen atoms in total. The monoisotopic (exact) mass is 466 g/mol. The second-order valence-corrected chi connectivity index (χ2v) is 9.43. The number of ether oxygens (including phenoxy) is 1. The lowest BCUT2D eigenvalue weighted by Crippen LogP contribution is -2.30. The van der Waals surface area contributed by atoms with Crippen molar-refractivity contribution in [1.29, 1.82) is 0 Å². The van der Waals surface area contributed by atoms with E-state index in [2.05, 4.69) is 12.2 Å². The predicted molar refractivity (Wildman–Crippen MR) is 133 cm³/mol. The maximum atomic E-state index is 13.1. The van der Waals surface area contributed by atoms with Gasteiger partial charge in [-0.2, -0.15) is 0 Å². The average molecular weight is 467 g/mol. The first kappa shape index (κ1) is 24.3. The van der Waals surface area contributed by atoms with Gasteiger partial charge in [0, 0.05) is 17.8 Å². The molecule has 0 bridgehead atoms. The van der Waals surface area contributed by atoms with E-state index in [1.54, 1.807) is 67.6 Å². The van der Waals surface area contributed by atoms with Crippen LogP contribution in [-0.4, -0.2) is 27.5 Å². The van der Waals surface area contributed by atoms with Crippen molar-refractivity contribution in [2.75, 3.05) is 22.8 Å². The van der Waals surface area contributed by atoms with E-state index in [1.807, 2.05) is 6.07 Å². The molecule has 33 heavy (non-hydrogen) atoms. The summed E-state index contributed by atoms with van der Waals surface area (Å²) in [5, 5.41) is 2.80. The van der Waals surface area contributed by atoms with Crippen LogP contribution < -0.4 is 14.4 Å². The third-order valence-electron chi connectivity index (χ3n) is 5.16. The number of carbonyl (C=O) groups excluding carboxylic acids is 1. The van der Waals surface area contributed by atoms with Crippen LogP contribution in [-0.2, 0) is 10.0 Å².